The molecule has 0 spiro atoms. The molecule has 0 N–H and O–H groups in total. The van der Waals surface area contributed by atoms with Crippen LogP contribution in [0.25, 0.3) is 0 Å². The molecule has 1 fully saturated rings. The van der Waals surface area contributed by atoms with Gasteiger partial charge >= 0.3 is 34.2 Å². The normalized spacial score (nSPS) is 36.9. The maximum Gasteiger partial charge on any atom is 0.347 e. The fourth-order valence-electron chi connectivity index (χ4n) is 3.54. The molecule has 8 nitrogen and oxygen atoms in total. The molecular weight excluding hydrogens is 433 g/mol. The van der Waals surface area contributed by atoms with E-state index in [-0.39, 0.29) is 0 Å². The van der Waals surface area contributed by atoms with Crippen molar-refractivity contribution in [3.05, 3.63) is 0 Å². The Morgan fingerprint density at radius 2 is 0.607 bits per heavy atom. The van der Waals surface area contributed by atoms with Crippen LogP contribution in [-0.2, 0) is 35.4 Å². The average Bonchev–Trinajstić information content (AvgIpc) is 2.67. The Hall–Kier alpha value is 0.548. The van der Waals surface area contributed by atoms with Crippen molar-refractivity contribution in [2.24, 2.45) is 0 Å². The van der Waals surface area contributed by atoms with E-state index in [9.17, 15) is 0 Å². The van der Waals surface area contributed by atoms with Gasteiger partial charge in [-0.25, -0.2) is 0 Å². The summed E-state index contributed by atoms with van der Waals surface area (Å²) < 4.78 is 50.0. The van der Waals surface area contributed by atoms with Gasteiger partial charge in [0.05, 0.1) is 24.9 Å². The maximum atomic E-state index is 6.91. The lowest BCUT2D eigenvalue weighted by atomic mass is 11.0. The topological polar surface area (TPSA) is 73.8 Å². The van der Waals surface area contributed by atoms with Crippen molar-refractivity contribution in [3.8, 4) is 0 Å². The predicted octanol–water partition coefficient (Wildman–Crippen LogP) is 2.66. The molecule has 0 aromatic heterocycles. The van der Waals surface area contributed by atoms with E-state index in [2.05, 4.69) is 27.7 Å². The van der Waals surface area contributed by atoms with Crippen molar-refractivity contribution in [2.45, 2.75) is 51.9 Å². The van der Waals surface area contributed by atoms with Gasteiger partial charge in [-0.15, -0.1) is 0 Å². The summed E-state index contributed by atoms with van der Waals surface area (Å²) in [5.41, 5.74) is 0. The Morgan fingerprint density at radius 3 is 0.714 bits per heavy atom. The Balaban J connectivity index is 3.56. The van der Waals surface area contributed by atoms with E-state index in [1.807, 2.05) is 0 Å². The number of hydrogen-bond donors (Lipinski definition) is 0. The molecule has 0 saturated carbocycles. The molecule has 1 aliphatic heterocycles. The molecular formula is C16H40O8Si4. The van der Waals surface area contributed by atoms with Crippen molar-refractivity contribution in [3.63, 3.8) is 0 Å². The van der Waals surface area contributed by atoms with Crippen LogP contribution in [-0.4, -0.2) is 87.6 Å². The quantitative estimate of drug-likeness (QED) is 0.401. The third-order valence-corrected chi connectivity index (χ3v) is 24.2. The number of ether oxygens (including phenoxy) is 4. The number of rotatable bonds is 12. The van der Waals surface area contributed by atoms with Crippen LogP contribution in [0.2, 0.25) is 24.2 Å². The van der Waals surface area contributed by atoms with Crippen molar-refractivity contribution < 1.29 is 35.4 Å². The summed E-state index contributed by atoms with van der Waals surface area (Å²) in [6.45, 7) is 8.37. The summed E-state index contributed by atoms with van der Waals surface area (Å²) >= 11 is 0. The third kappa shape index (κ3) is 6.28. The van der Waals surface area contributed by atoms with E-state index in [1.165, 1.54) is 0 Å². The van der Waals surface area contributed by atoms with Crippen molar-refractivity contribution >= 4 is 34.2 Å². The molecule has 12 heteroatoms. The van der Waals surface area contributed by atoms with Gasteiger partial charge in [0.25, 0.3) is 0 Å². The standard InChI is InChI=1S/C16H40O8Si4/c1-9-25(13-17-5)21-26(10-2,14-18-6)23-28(12-4,16-20-8)24-27(11-3,22-25)15-19-7/h9-16H2,1-8H3. The molecule has 0 aromatic rings. The average molecular weight is 473 g/mol. The van der Waals surface area contributed by atoms with Gasteiger partial charge in [0.1, 0.15) is 0 Å². The monoisotopic (exact) mass is 472 g/mol. The molecule has 1 saturated heterocycles. The van der Waals surface area contributed by atoms with Gasteiger partial charge in [-0.1, -0.05) is 27.7 Å². The largest absolute Gasteiger partial charge is 0.413 e. The predicted molar refractivity (Wildman–Crippen MR) is 117 cm³/mol. The zero-order chi connectivity index (χ0) is 21.3. The molecule has 1 aliphatic rings. The number of methoxy groups -OCH3 is 4. The van der Waals surface area contributed by atoms with Gasteiger partial charge in [0, 0.05) is 28.4 Å². The van der Waals surface area contributed by atoms with Gasteiger partial charge in [-0.05, 0) is 24.2 Å². The first-order valence-corrected chi connectivity index (χ1v) is 19.0. The second kappa shape index (κ2) is 11.8. The second-order valence-corrected chi connectivity index (χ2v) is 21.7. The molecule has 0 atom stereocenters. The lowest BCUT2D eigenvalue weighted by molar-refractivity contribution is 0.116. The lowest BCUT2D eigenvalue weighted by Crippen LogP contribution is -2.74. The molecule has 0 bridgehead atoms. The van der Waals surface area contributed by atoms with Crippen molar-refractivity contribution in [2.75, 3.05) is 53.4 Å². The summed E-state index contributed by atoms with van der Waals surface area (Å²) in [6.07, 6.45) is 1.71. The smallest absolute Gasteiger partial charge is 0.347 e. The minimum atomic E-state index is -2.75. The molecule has 0 aromatic carbocycles. The summed E-state index contributed by atoms with van der Waals surface area (Å²) in [5.74, 6) is 0. The highest BCUT2D eigenvalue weighted by atomic mass is 28.5. The highest BCUT2D eigenvalue weighted by molar-refractivity contribution is 6.95. The molecule has 0 radical (unpaired) electrons. The fourth-order valence-corrected chi connectivity index (χ4v) is 25.6. The van der Waals surface area contributed by atoms with Crippen LogP contribution >= 0.6 is 0 Å². The first-order chi connectivity index (χ1) is 13.3. The first kappa shape index (κ1) is 26.6. The summed E-state index contributed by atoms with van der Waals surface area (Å²) in [7, 11) is -4.27. The summed E-state index contributed by atoms with van der Waals surface area (Å²) in [4.78, 5) is 0. The van der Waals surface area contributed by atoms with Gasteiger partial charge in [0.15, 0.2) is 0 Å². The Bertz CT molecular complexity index is 368. The minimum absolute atomic E-state index is 0.429. The third-order valence-electron chi connectivity index (χ3n) is 5.10. The summed E-state index contributed by atoms with van der Waals surface area (Å²) in [6, 6.07) is 2.98. The van der Waals surface area contributed by atoms with Crippen LogP contribution in [0.1, 0.15) is 27.7 Å². The first-order valence-electron chi connectivity index (χ1n) is 10.1. The SMILES string of the molecule is CC[Si]1(COC)O[Si](CC)(COC)O[Si](CC)(COC)O[Si](CC)(COC)O1. The molecule has 0 aliphatic carbocycles. The van der Waals surface area contributed by atoms with Crippen LogP contribution in [0.4, 0.5) is 0 Å². The van der Waals surface area contributed by atoms with Gasteiger partial charge in [-0.2, -0.15) is 0 Å². The van der Waals surface area contributed by atoms with E-state index >= 15 is 0 Å². The zero-order valence-electron chi connectivity index (χ0n) is 18.9. The van der Waals surface area contributed by atoms with Gasteiger partial charge in [-0.3, -0.25) is 0 Å². The number of hydrogen-bond acceptors (Lipinski definition) is 8. The molecule has 168 valence electrons. The highest BCUT2D eigenvalue weighted by Gasteiger charge is 2.61. The summed E-state index contributed by atoms with van der Waals surface area (Å²) in [5, 5.41) is 0. The van der Waals surface area contributed by atoms with Gasteiger partial charge < -0.3 is 35.4 Å². The highest BCUT2D eigenvalue weighted by Crippen LogP contribution is 2.37. The van der Waals surface area contributed by atoms with Crippen LogP contribution < -0.4 is 0 Å². The van der Waals surface area contributed by atoms with E-state index < -0.39 is 34.2 Å². The maximum absolute atomic E-state index is 6.91. The molecule has 1 heterocycles. The molecule has 1 rings (SSSR count). The zero-order valence-corrected chi connectivity index (χ0v) is 22.9. The van der Waals surface area contributed by atoms with Gasteiger partial charge in [0.2, 0.25) is 0 Å². The van der Waals surface area contributed by atoms with E-state index in [4.69, 9.17) is 35.4 Å². The van der Waals surface area contributed by atoms with E-state index in [0.29, 0.717) is 24.9 Å². The minimum Gasteiger partial charge on any atom is -0.413 e. The van der Waals surface area contributed by atoms with Crippen molar-refractivity contribution in [1.29, 1.82) is 0 Å². The van der Waals surface area contributed by atoms with Crippen LogP contribution in [0, 0.1) is 0 Å². The van der Waals surface area contributed by atoms with E-state index in [0.717, 1.165) is 24.2 Å². The Labute approximate surface area is 175 Å². The second-order valence-electron chi connectivity index (χ2n) is 7.20. The molecule has 0 unspecified atom stereocenters. The van der Waals surface area contributed by atoms with Crippen LogP contribution in [0.3, 0.4) is 0 Å². The van der Waals surface area contributed by atoms with Crippen molar-refractivity contribution in [1.82, 2.24) is 0 Å². The Morgan fingerprint density at radius 1 is 0.429 bits per heavy atom. The molecule has 28 heavy (non-hydrogen) atoms. The van der Waals surface area contributed by atoms with E-state index in [1.54, 1.807) is 28.4 Å². The van der Waals surface area contributed by atoms with Crippen LogP contribution in [0.5, 0.6) is 0 Å². The fraction of sp³-hybridized carbons (Fsp3) is 1.00. The Kier molecular flexibility index (Phi) is 11.2. The molecule has 0 amide bonds. The lowest BCUT2D eigenvalue weighted by Gasteiger charge is -2.52. The van der Waals surface area contributed by atoms with Crippen LogP contribution in [0.15, 0.2) is 0 Å².